The lowest BCUT2D eigenvalue weighted by atomic mass is 9.90. The zero-order valence-corrected chi connectivity index (χ0v) is 21.0. The molecule has 1 aliphatic carbocycles. The van der Waals surface area contributed by atoms with E-state index in [9.17, 15) is 9.90 Å². The molecule has 182 valence electrons. The highest BCUT2D eigenvalue weighted by molar-refractivity contribution is 5.90. The van der Waals surface area contributed by atoms with Crippen molar-refractivity contribution in [3.63, 3.8) is 0 Å². The van der Waals surface area contributed by atoms with Crippen LogP contribution in [0.15, 0.2) is 18.5 Å². The molecule has 0 atom stereocenters. The quantitative estimate of drug-likeness (QED) is 0.371. The van der Waals surface area contributed by atoms with Crippen molar-refractivity contribution < 1.29 is 9.90 Å². The van der Waals surface area contributed by atoms with E-state index in [1.165, 1.54) is 38.8 Å². The van der Waals surface area contributed by atoms with Gasteiger partial charge < -0.3 is 10.0 Å². The van der Waals surface area contributed by atoms with Gasteiger partial charge in [-0.2, -0.15) is 5.10 Å². The molecule has 2 aromatic heterocycles. The molecule has 0 saturated heterocycles. The summed E-state index contributed by atoms with van der Waals surface area (Å²) in [7, 11) is 0. The smallest absolute Gasteiger partial charge is 0.354 e. The standard InChI is InChI=1S/C27H42N4O2/c1-5-20(6-2)18-30(19-21(7-3)8-4)15-9-10-16-31-26(27(32)33)24-12-11-22-17-28-14-13-23(22)25(24)29-31/h13-14,17,20-21H,5-12,15-16,18-19H2,1-4H3,(H,32,33). The van der Waals surface area contributed by atoms with E-state index in [-0.39, 0.29) is 0 Å². The molecule has 2 aromatic rings. The lowest BCUT2D eigenvalue weighted by Gasteiger charge is -2.29. The van der Waals surface area contributed by atoms with Gasteiger partial charge in [-0.1, -0.05) is 53.4 Å². The fourth-order valence-electron chi connectivity index (χ4n) is 5.15. The van der Waals surface area contributed by atoms with Crippen LogP contribution in [-0.2, 0) is 19.4 Å². The van der Waals surface area contributed by atoms with Crippen LogP contribution < -0.4 is 0 Å². The van der Waals surface area contributed by atoms with Crippen molar-refractivity contribution in [3.05, 3.63) is 35.3 Å². The summed E-state index contributed by atoms with van der Waals surface area (Å²) >= 11 is 0. The summed E-state index contributed by atoms with van der Waals surface area (Å²) in [4.78, 5) is 19.0. The normalized spacial score (nSPS) is 13.1. The molecule has 6 heteroatoms. The molecular formula is C27H42N4O2. The summed E-state index contributed by atoms with van der Waals surface area (Å²) in [6, 6.07) is 1.96. The van der Waals surface area contributed by atoms with Crippen LogP contribution in [-0.4, -0.2) is 50.4 Å². The van der Waals surface area contributed by atoms with E-state index in [1.807, 2.05) is 12.3 Å². The lowest BCUT2D eigenvalue weighted by molar-refractivity contribution is 0.0681. The Kier molecular flexibility index (Phi) is 9.48. The van der Waals surface area contributed by atoms with Gasteiger partial charge in [0.25, 0.3) is 0 Å². The van der Waals surface area contributed by atoms with Gasteiger partial charge in [-0.25, -0.2) is 4.79 Å². The first-order valence-electron chi connectivity index (χ1n) is 13.0. The highest BCUT2D eigenvalue weighted by Gasteiger charge is 2.28. The summed E-state index contributed by atoms with van der Waals surface area (Å²) in [5, 5.41) is 14.7. The van der Waals surface area contributed by atoms with E-state index in [0.717, 1.165) is 60.0 Å². The third-order valence-electron chi connectivity index (χ3n) is 7.49. The first-order valence-corrected chi connectivity index (χ1v) is 13.0. The Labute approximate surface area is 199 Å². The average Bonchev–Trinajstić information content (AvgIpc) is 3.22. The van der Waals surface area contributed by atoms with Crippen molar-refractivity contribution in [1.82, 2.24) is 19.7 Å². The van der Waals surface area contributed by atoms with E-state index in [1.54, 1.807) is 10.9 Å². The number of nitrogens with zero attached hydrogens (tertiary/aromatic N) is 4. The second-order valence-corrected chi connectivity index (χ2v) is 9.57. The second kappa shape index (κ2) is 12.3. The Morgan fingerprint density at radius 3 is 2.33 bits per heavy atom. The molecule has 0 aromatic carbocycles. The predicted molar refractivity (Wildman–Crippen MR) is 134 cm³/mol. The Morgan fingerprint density at radius 2 is 1.73 bits per heavy atom. The Morgan fingerprint density at radius 1 is 1.06 bits per heavy atom. The fraction of sp³-hybridized carbons (Fsp3) is 0.667. The van der Waals surface area contributed by atoms with E-state index in [4.69, 9.17) is 5.10 Å². The monoisotopic (exact) mass is 454 g/mol. The summed E-state index contributed by atoms with van der Waals surface area (Å²) in [6.07, 6.45) is 12.1. The van der Waals surface area contributed by atoms with Crippen LogP contribution in [0.2, 0.25) is 0 Å². The first-order chi connectivity index (χ1) is 16.0. The van der Waals surface area contributed by atoms with Crippen molar-refractivity contribution in [2.24, 2.45) is 11.8 Å². The number of unbranched alkanes of at least 4 members (excludes halogenated alkanes) is 1. The van der Waals surface area contributed by atoms with Crippen LogP contribution in [0.1, 0.15) is 87.8 Å². The highest BCUT2D eigenvalue weighted by atomic mass is 16.4. The topological polar surface area (TPSA) is 71.2 Å². The van der Waals surface area contributed by atoms with Gasteiger partial charge in [-0.3, -0.25) is 9.67 Å². The molecule has 3 rings (SSSR count). The number of fused-ring (bicyclic) bond motifs is 3. The van der Waals surface area contributed by atoms with Gasteiger partial charge in [-0.05, 0) is 55.7 Å². The van der Waals surface area contributed by atoms with Crippen LogP contribution in [0.4, 0.5) is 0 Å². The Balaban J connectivity index is 1.66. The van der Waals surface area contributed by atoms with Gasteiger partial charge >= 0.3 is 5.97 Å². The summed E-state index contributed by atoms with van der Waals surface area (Å²) in [5.41, 5.74) is 4.28. The van der Waals surface area contributed by atoms with Crippen LogP contribution in [0.25, 0.3) is 11.3 Å². The lowest BCUT2D eigenvalue weighted by Crippen LogP contribution is -2.34. The van der Waals surface area contributed by atoms with E-state index in [2.05, 4.69) is 37.6 Å². The third-order valence-corrected chi connectivity index (χ3v) is 7.49. The number of carboxylic acid groups (broad SMARTS) is 1. The fourth-order valence-corrected chi connectivity index (χ4v) is 5.15. The molecule has 1 aliphatic rings. The van der Waals surface area contributed by atoms with Gasteiger partial charge in [0.15, 0.2) is 0 Å². The molecule has 33 heavy (non-hydrogen) atoms. The zero-order chi connectivity index (χ0) is 23.8. The van der Waals surface area contributed by atoms with Gasteiger partial charge in [0.1, 0.15) is 5.69 Å². The molecule has 0 saturated carbocycles. The van der Waals surface area contributed by atoms with Crippen molar-refractivity contribution in [3.8, 4) is 11.3 Å². The molecule has 6 nitrogen and oxygen atoms in total. The van der Waals surface area contributed by atoms with Crippen molar-refractivity contribution in [1.29, 1.82) is 0 Å². The Bertz CT molecular complexity index is 886. The number of carbonyl (C=O) groups is 1. The molecule has 0 amide bonds. The summed E-state index contributed by atoms with van der Waals surface area (Å²) in [5.74, 6) is 0.640. The maximum atomic E-state index is 12.1. The van der Waals surface area contributed by atoms with E-state index in [0.29, 0.717) is 18.7 Å². The third kappa shape index (κ3) is 6.23. The van der Waals surface area contributed by atoms with Gasteiger partial charge in [0.05, 0.1) is 5.69 Å². The number of aromatic nitrogens is 3. The van der Waals surface area contributed by atoms with Crippen LogP contribution >= 0.6 is 0 Å². The maximum Gasteiger partial charge on any atom is 0.354 e. The zero-order valence-electron chi connectivity index (χ0n) is 21.0. The van der Waals surface area contributed by atoms with Crippen LogP contribution in [0.5, 0.6) is 0 Å². The largest absolute Gasteiger partial charge is 0.477 e. The molecule has 0 aliphatic heterocycles. The number of hydrogen-bond acceptors (Lipinski definition) is 4. The number of pyridine rings is 1. The van der Waals surface area contributed by atoms with E-state index >= 15 is 0 Å². The maximum absolute atomic E-state index is 12.1. The minimum atomic E-state index is -0.870. The van der Waals surface area contributed by atoms with Crippen LogP contribution in [0, 0.1) is 11.8 Å². The number of carboxylic acids is 1. The number of aryl methyl sites for hydroxylation is 2. The molecule has 0 fully saturated rings. The molecule has 2 heterocycles. The van der Waals surface area contributed by atoms with Crippen molar-refractivity contribution in [2.75, 3.05) is 19.6 Å². The molecule has 0 radical (unpaired) electrons. The van der Waals surface area contributed by atoms with Gasteiger partial charge in [0, 0.05) is 43.2 Å². The second-order valence-electron chi connectivity index (χ2n) is 9.57. The average molecular weight is 455 g/mol. The predicted octanol–water partition coefficient (Wildman–Crippen LogP) is 5.70. The SMILES string of the molecule is CCC(CC)CN(CCCCn1nc2c(c1C(=O)O)CCc1cnccc1-2)CC(CC)CC. The van der Waals surface area contributed by atoms with Gasteiger partial charge in [-0.15, -0.1) is 0 Å². The molecule has 0 spiro atoms. The van der Waals surface area contributed by atoms with Crippen molar-refractivity contribution >= 4 is 5.97 Å². The Hall–Kier alpha value is -2.21. The van der Waals surface area contributed by atoms with Crippen molar-refractivity contribution in [2.45, 2.75) is 85.6 Å². The first kappa shape index (κ1) is 25.4. The number of rotatable bonds is 14. The summed E-state index contributed by atoms with van der Waals surface area (Å²) in [6.45, 7) is 13.3. The van der Waals surface area contributed by atoms with E-state index < -0.39 is 5.97 Å². The minimum absolute atomic E-state index is 0.373. The summed E-state index contributed by atoms with van der Waals surface area (Å²) < 4.78 is 1.74. The molecule has 1 N–H and O–H groups in total. The van der Waals surface area contributed by atoms with Crippen LogP contribution in [0.3, 0.4) is 0 Å². The number of aromatic carboxylic acids is 1. The van der Waals surface area contributed by atoms with Gasteiger partial charge in [0.2, 0.25) is 0 Å². The minimum Gasteiger partial charge on any atom is -0.477 e. The number of hydrogen-bond donors (Lipinski definition) is 1. The molecular weight excluding hydrogens is 412 g/mol. The molecule has 0 bridgehead atoms. The highest BCUT2D eigenvalue weighted by Crippen LogP contribution is 2.34. The molecule has 0 unspecified atom stereocenters.